The van der Waals surface area contributed by atoms with Crippen molar-refractivity contribution >= 4 is 51.0 Å². The van der Waals surface area contributed by atoms with E-state index in [-0.39, 0.29) is 16.8 Å². The van der Waals surface area contributed by atoms with Crippen LogP contribution in [0.5, 0.6) is 0 Å². The van der Waals surface area contributed by atoms with Crippen molar-refractivity contribution in [3.63, 3.8) is 0 Å². The first-order valence-electron chi connectivity index (χ1n) is 5.64. The Kier molecular flexibility index (Phi) is 5.01. The lowest BCUT2D eigenvalue weighted by atomic mass is 10.3. The van der Waals surface area contributed by atoms with Gasteiger partial charge >= 0.3 is 5.88 Å². The molecule has 0 unspecified atom stereocenters. The molecule has 0 saturated carbocycles. The summed E-state index contributed by atoms with van der Waals surface area (Å²) in [5, 5.41) is 17.5. The third-order valence-corrected chi connectivity index (χ3v) is 2.97. The molecule has 0 aliphatic heterocycles. The van der Waals surface area contributed by atoms with Gasteiger partial charge in [-0.25, -0.2) is 0 Å². The Labute approximate surface area is 133 Å². The van der Waals surface area contributed by atoms with Crippen LogP contribution in [0.15, 0.2) is 50.4 Å². The molecule has 1 heterocycles. The first-order valence-corrected chi connectivity index (χ1v) is 6.84. The fraction of sp³-hybridized carbons (Fsp3) is 0. The molecular weight excluding hydrogens is 360 g/mol. The monoisotopic (exact) mass is 368 g/mol. The fourth-order valence-electron chi connectivity index (χ4n) is 1.36. The zero-order chi connectivity index (χ0) is 15.2. The van der Waals surface area contributed by atoms with Crippen molar-refractivity contribution in [3.05, 3.63) is 56.7 Å². The molecule has 0 aliphatic carbocycles. The number of nitrogens with zero attached hydrogens (tertiary/aromatic N) is 2. The third-order valence-electron chi connectivity index (χ3n) is 2.25. The first kappa shape index (κ1) is 15.1. The van der Waals surface area contributed by atoms with Gasteiger partial charge in [0.15, 0.2) is 10.9 Å². The predicted octanol–water partition coefficient (Wildman–Crippen LogP) is 3.27. The number of halogens is 1. The van der Waals surface area contributed by atoms with Crippen LogP contribution in [-0.4, -0.2) is 16.3 Å². The number of rotatable bonds is 4. The second-order valence-corrected chi connectivity index (χ2v) is 5.09. The minimum atomic E-state index is -0.621. The van der Waals surface area contributed by atoms with Gasteiger partial charge < -0.3 is 9.73 Å². The molecule has 2 rings (SSSR count). The molecule has 0 fully saturated rings. The molecule has 0 bridgehead atoms. The fourth-order valence-corrected chi connectivity index (χ4v) is 1.79. The lowest BCUT2D eigenvalue weighted by Crippen LogP contribution is -2.23. The summed E-state index contributed by atoms with van der Waals surface area (Å²) in [6, 6.07) is 10.1. The number of thiocarbonyl (C=S) groups is 1. The molecule has 0 atom stereocenters. The largest absolute Gasteiger partial charge is 0.433 e. The van der Waals surface area contributed by atoms with Crippen LogP contribution in [0, 0.1) is 10.1 Å². The molecule has 0 radical (unpaired) electrons. The van der Waals surface area contributed by atoms with Crippen molar-refractivity contribution in [1.29, 1.82) is 0 Å². The van der Waals surface area contributed by atoms with Crippen molar-refractivity contribution in [2.75, 3.05) is 5.32 Å². The summed E-state index contributed by atoms with van der Waals surface area (Å²) in [5.41, 5.74) is 3.39. The van der Waals surface area contributed by atoms with E-state index in [4.69, 9.17) is 16.6 Å². The van der Waals surface area contributed by atoms with Crippen molar-refractivity contribution in [3.8, 4) is 0 Å². The van der Waals surface area contributed by atoms with Gasteiger partial charge in [-0.05, 0) is 42.5 Å². The van der Waals surface area contributed by atoms with E-state index in [0.717, 1.165) is 10.2 Å². The van der Waals surface area contributed by atoms with Crippen LogP contribution in [0.2, 0.25) is 0 Å². The molecular formula is C12H9BrN4O3S. The molecule has 7 nitrogen and oxygen atoms in total. The average molecular weight is 369 g/mol. The van der Waals surface area contributed by atoms with Crippen molar-refractivity contribution in [2.45, 2.75) is 0 Å². The van der Waals surface area contributed by atoms with Crippen molar-refractivity contribution in [2.24, 2.45) is 5.10 Å². The average Bonchev–Trinajstić information content (AvgIpc) is 2.90. The van der Waals surface area contributed by atoms with Gasteiger partial charge in [-0.1, -0.05) is 15.9 Å². The zero-order valence-corrected chi connectivity index (χ0v) is 12.8. The number of benzene rings is 1. The molecule has 21 heavy (non-hydrogen) atoms. The maximum atomic E-state index is 10.4. The predicted molar refractivity (Wildman–Crippen MR) is 86.5 cm³/mol. The lowest BCUT2D eigenvalue weighted by Gasteiger charge is -2.06. The normalized spacial score (nSPS) is 10.5. The van der Waals surface area contributed by atoms with E-state index in [1.165, 1.54) is 18.3 Å². The minimum absolute atomic E-state index is 0.251. The van der Waals surface area contributed by atoms with Gasteiger partial charge in [-0.3, -0.25) is 15.5 Å². The standard InChI is InChI=1S/C12H9BrN4O3S/c13-8-1-3-9(4-2-8)15-12(21)16-14-7-10-5-6-11(20-10)17(18)19/h1-7H,(H2,15,16,21)/b14-7+. The second kappa shape index (κ2) is 6.95. The number of furan rings is 1. The summed E-state index contributed by atoms with van der Waals surface area (Å²) in [6.07, 6.45) is 1.29. The van der Waals surface area contributed by atoms with Gasteiger partial charge in [-0.15, -0.1) is 0 Å². The highest BCUT2D eigenvalue weighted by molar-refractivity contribution is 9.10. The highest BCUT2D eigenvalue weighted by atomic mass is 79.9. The Morgan fingerprint density at radius 3 is 2.67 bits per heavy atom. The molecule has 1 aromatic heterocycles. The second-order valence-electron chi connectivity index (χ2n) is 3.76. The Balaban J connectivity index is 1.86. The van der Waals surface area contributed by atoms with E-state index < -0.39 is 4.92 Å². The molecule has 0 spiro atoms. The Morgan fingerprint density at radius 2 is 2.05 bits per heavy atom. The van der Waals surface area contributed by atoms with E-state index in [2.05, 4.69) is 31.8 Å². The smallest absolute Gasteiger partial charge is 0.400 e. The van der Waals surface area contributed by atoms with Gasteiger partial charge in [0, 0.05) is 10.2 Å². The SMILES string of the molecule is O=[N+]([O-])c1ccc(/C=N/NC(=S)Nc2ccc(Br)cc2)o1. The van der Waals surface area contributed by atoms with E-state index in [9.17, 15) is 10.1 Å². The highest BCUT2D eigenvalue weighted by Crippen LogP contribution is 2.14. The summed E-state index contributed by atoms with van der Waals surface area (Å²) >= 11 is 8.38. The number of nitrogens with one attached hydrogen (secondary N) is 2. The Hall–Kier alpha value is -2.26. The Bertz CT molecular complexity index is 684. The molecule has 108 valence electrons. The number of anilines is 1. The summed E-state index contributed by atoms with van der Waals surface area (Å²) in [7, 11) is 0. The summed E-state index contributed by atoms with van der Waals surface area (Å²) in [6.45, 7) is 0. The van der Waals surface area contributed by atoms with Crippen molar-refractivity contribution in [1.82, 2.24) is 5.43 Å². The zero-order valence-electron chi connectivity index (χ0n) is 10.4. The molecule has 0 aliphatic rings. The molecule has 2 aromatic rings. The maximum absolute atomic E-state index is 10.4. The molecule has 9 heteroatoms. The van der Waals surface area contributed by atoms with Gasteiger partial charge in [0.05, 0.1) is 12.3 Å². The lowest BCUT2D eigenvalue weighted by molar-refractivity contribution is -0.402. The quantitative estimate of drug-likeness (QED) is 0.372. The van der Waals surface area contributed by atoms with Crippen LogP contribution in [0.4, 0.5) is 11.6 Å². The third kappa shape index (κ3) is 4.65. The number of hydrazone groups is 1. The number of nitro groups is 1. The van der Waals surface area contributed by atoms with Crippen LogP contribution in [0.25, 0.3) is 0 Å². The molecule has 0 amide bonds. The Morgan fingerprint density at radius 1 is 1.33 bits per heavy atom. The first-order chi connectivity index (χ1) is 10.0. The van der Waals surface area contributed by atoms with Gasteiger partial charge in [0.2, 0.25) is 0 Å². The summed E-state index contributed by atoms with van der Waals surface area (Å²) in [5.74, 6) is -0.0901. The summed E-state index contributed by atoms with van der Waals surface area (Å²) < 4.78 is 5.86. The summed E-state index contributed by atoms with van der Waals surface area (Å²) in [4.78, 5) is 9.82. The van der Waals surface area contributed by atoms with Crippen molar-refractivity contribution < 1.29 is 9.34 Å². The van der Waals surface area contributed by atoms with E-state index in [1.807, 2.05) is 24.3 Å². The van der Waals surface area contributed by atoms with Crippen LogP contribution in [0.1, 0.15) is 5.76 Å². The molecule has 2 N–H and O–H groups in total. The molecule has 0 saturated heterocycles. The van der Waals surface area contributed by atoms with Crippen LogP contribution in [-0.2, 0) is 0 Å². The van der Waals surface area contributed by atoms with Crippen LogP contribution in [0.3, 0.4) is 0 Å². The van der Waals surface area contributed by atoms with Gasteiger partial charge in [0.1, 0.15) is 4.92 Å². The van der Waals surface area contributed by atoms with Crippen LogP contribution < -0.4 is 10.7 Å². The van der Waals surface area contributed by atoms with Gasteiger partial charge in [0.25, 0.3) is 0 Å². The highest BCUT2D eigenvalue weighted by Gasteiger charge is 2.10. The van der Waals surface area contributed by atoms with E-state index >= 15 is 0 Å². The topological polar surface area (TPSA) is 92.7 Å². The minimum Gasteiger partial charge on any atom is -0.400 e. The number of hydrogen-bond acceptors (Lipinski definition) is 5. The van der Waals surface area contributed by atoms with E-state index in [1.54, 1.807) is 0 Å². The van der Waals surface area contributed by atoms with E-state index in [0.29, 0.717) is 0 Å². The maximum Gasteiger partial charge on any atom is 0.433 e. The number of hydrogen-bond donors (Lipinski definition) is 2. The van der Waals surface area contributed by atoms with Crippen LogP contribution >= 0.6 is 28.1 Å². The molecule has 1 aromatic carbocycles. The van der Waals surface area contributed by atoms with Gasteiger partial charge in [-0.2, -0.15) is 5.10 Å².